The van der Waals surface area contributed by atoms with E-state index in [1.54, 1.807) is 37.3 Å². The van der Waals surface area contributed by atoms with Gasteiger partial charge in [0.25, 0.3) is 5.91 Å². The summed E-state index contributed by atoms with van der Waals surface area (Å²) >= 11 is 0. The van der Waals surface area contributed by atoms with Crippen molar-refractivity contribution in [2.75, 3.05) is 10.2 Å². The average molecular weight is 367 g/mol. The third-order valence-corrected chi connectivity index (χ3v) is 4.21. The van der Waals surface area contributed by atoms with Crippen molar-refractivity contribution in [3.63, 3.8) is 0 Å². The Morgan fingerprint density at radius 2 is 1.70 bits per heavy atom. The van der Waals surface area contributed by atoms with Gasteiger partial charge in [-0.05, 0) is 50.2 Å². The van der Waals surface area contributed by atoms with Crippen LogP contribution in [-0.4, -0.2) is 17.8 Å². The number of hydrogen-bond donors (Lipinski definition) is 2. The number of nitrogens with one attached hydrogen (secondary N) is 2. The van der Waals surface area contributed by atoms with Gasteiger partial charge in [-0.1, -0.05) is 23.8 Å². The molecule has 0 spiro atoms. The summed E-state index contributed by atoms with van der Waals surface area (Å²) in [7, 11) is 0. The van der Waals surface area contributed by atoms with Gasteiger partial charge in [-0.25, -0.2) is 14.1 Å². The number of halogens is 1. The smallest absolute Gasteiger partial charge is 0.335 e. The molecule has 0 radical (unpaired) electrons. The molecule has 4 amide bonds. The summed E-state index contributed by atoms with van der Waals surface area (Å²) in [6.45, 7) is 3.55. The average Bonchev–Trinajstić information content (AvgIpc) is 2.63. The van der Waals surface area contributed by atoms with Gasteiger partial charge in [0.15, 0.2) is 5.92 Å². The minimum atomic E-state index is -1.22. The molecular weight excluding hydrogens is 349 g/mol. The van der Waals surface area contributed by atoms with Crippen molar-refractivity contribution in [1.82, 2.24) is 5.32 Å². The van der Waals surface area contributed by atoms with Crippen molar-refractivity contribution < 1.29 is 18.8 Å². The Bertz CT molecular complexity index is 920. The molecule has 0 unspecified atom stereocenters. The number of aryl methyl sites for hydroxylation is 1. The summed E-state index contributed by atoms with van der Waals surface area (Å²) in [4.78, 5) is 38.5. The van der Waals surface area contributed by atoms with E-state index in [0.717, 1.165) is 10.5 Å². The molecule has 1 atom stereocenters. The highest BCUT2D eigenvalue weighted by molar-refractivity contribution is 6.29. The Morgan fingerprint density at radius 3 is 2.30 bits per heavy atom. The van der Waals surface area contributed by atoms with Crippen molar-refractivity contribution in [1.29, 1.82) is 0 Å². The molecule has 138 valence electrons. The summed E-state index contributed by atoms with van der Waals surface area (Å²) in [6.07, 6.45) is 1.58. The van der Waals surface area contributed by atoms with Crippen LogP contribution in [0.2, 0.25) is 0 Å². The van der Waals surface area contributed by atoms with Gasteiger partial charge in [0.2, 0.25) is 5.91 Å². The Kier molecular flexibility index (Phi) is 5.03. The van der Waals surface area contributed by atoms with Gasteiger partial charge < -0.3 is 5.32 Å². The van der Waals surface area contributed by atoms with E-state index < -0.39 is 29.6 Å². The number of urea groups is 1. The summed E-state index contributed by atoms with van der Waals surface area (Å²) in [6, 6.07) is 11.6. The number of anilines is 2. The van der Waals surface area contributed by atoms with E-state index in [1.807, 2.05) is 6.92 Å². The van der Waals surface area contributed by atoms with Crippen LogP contribution in [0.25, 0.3) is 0 Å². The fourth-order valence-corrected chi connectivity index (χ4v) is 2.80. The maximum Gasteiger partial charge on any atom is 0.335 e. The molecule has 1 heterocycles. The molecule has 1 aliphatic heterocycles. The number of benzene rings is 2. The standard InChI is InChI=1S/C20H18FN3O3/c1-3-16(22-14-8-6-13(21)7-9-14)17-18(25)23-20(27)24(19(17)26)15-10-4-12(2)5-11-15/h3-11,17,22H,1-2H3,(H,23,25,27)/b16-3+/t17-/m1/s1. The fraction of sp³-hybridized carbons (Fsp3) is 0.150. The maximum atomic E-state index is 13.1. The molecule has 0 saturated carbocycles. The van der Waals surface area contributed by atoms with Gasteiger partial charge in [0.1, 0.15) is 5.82 Å². The second-order valence-electron chi connectivity index (χ2n) is 6.11. The van der Waals surface area contributed by atoms with Crippen LogP contribution in [0.15, 0.2) is 60.3 Å². The predicted molar refractivity (Wildman–Crippen MR) is 99.5 cm³/mol. The van der Waals surface area contributed by atoms with E-state index in [-0.39, 0.29) is 0 Å². The number of barbiturate groups is 1. The number of hydrogen-bond acceptors (Lipinski definition) is 4. The molecule has 2 aromatic carbocycles. The van der Waals surface area contributed by atoms with Gasteiger partial charge in [-0.2, -0.15) is 0 Å². The molecular formula is C20H18FN3O3. The molecule has 1 fully saturated rings. The third kappa shape index (κ3) is 3.72. The topological polar surface area (TPSA) is 78.5 Å². The lowest BCUT2D eigenvalue weighted by Crippen LogP contribution is -2.59. The molecule has 2 N–H and O–H groups in total. The summed E-state index contributed by atoms with van der Waals surface area (Å²) in [5.41, 5.74) is 2.17. The zero-order valence-electron chi connectivity index (χ0n) is 14.8. The SMILES string of the molecule is C/C=C(/Nc1ccc(F)cc1)[C@@H]1C(=O)NC(=O)N(c2ccc(C)cc2)C1=O. The first kappa shape index (κ1) is 18.3. The van der Waals surface area contributed by atoms with E-state index in [9.17, 15) is 18.8 Å². The highest BCUT2D eigenvalue weighted by Gasteiger charge is 2.43. The van der Waals surface area contributed by atoms with Gasteiger partial charge in [0.05, 0.1) is 5.69 Å². The van der Waals surface area contributed by atoms with E-state index in [1.165, 1.54) is 24.3 Å². The van der Waals surface area contributed by atoms with E-state index in [2.05, 4.69) is 10.6 Å². The lowest BCUT2D eigenvalue weighted by Gasteiger charge is -2.31. The molecule has 3 rings (SSSR count). The van der Waals surface area contributed by atoms with Crippen molar-refractivity contribution in [3.8, 4) is 0 Å². The van der Waals surface area contributed by atoms with E-state index in [0.29, 0.717) is 17.1 Å². The van der Waals surface area contributed by atoms with Crippen molar-refractivity contribution in [3.05, 3.63) is 71.7 Å². The van der Waals surface area contributed by atoms with Crippen LogP contribution in [0.4, 0.5) is 20.6 Å². The Balaban J connectivity index is 1.91. The largest absolute Gasteiger partial charge is 0.358 e. The van der Waals surface area contributed by atoms with Crippen LogP contribution >= 0.6 is 0 Å². The highest BCUT2D eigenvalue weighted by Crippen LogP contribution is 2.26. The van der Waals surface area contributed by atoms with Crippen molar-refractivity contribution in [2.24, 2.45) is 5.92 Å². The normalized spacial score (nSPS) is 17.7. The third-order valence-electron chi connectivity index (χ3n) is 4.21. The van der Waals surface area contributed by atoms with Gasteiger partial charge >= 0.3 is 6.03 Å². The van der Waals surface area contributed by atoms with Crippen LogP contribution in [0, 0.1) is 18.7 Å². The second kappa shape index (κ2) is 7.41. The van der Waals surface area contributed by atoms with Gasteiger partial charge in [0, 0.05) is 11.4 Å². The molecule has 0 bridgehead atoms. The molecule has 2 aromatic rings. The monoisotopic (exact) mass is 367 g/mol. The van der Waals surface area contributed by atoms with Gasteiger partial charge in [-0.15, -0.1) is 0 Å². The molecule has 27 heavy (non-hydrogen) atoms. The Labute approximate surface area is 155 Å². The molecule has 0 aromatic heterocycles. The molecule has 1 saturated heterocycles. The number of allylic oxidation sites excluding steroid dienone is 1. The minimum absolute atomic E-state index is 0.300. The molecule has 6 nitrogen and oxygen atoms in total. The number of carbonyl (C=O) groups excluding carboxylic acids is 3. The van der Waals surface area contributed by atoms with Crippen molar-refractivity contribution >= 4 is 29.2 Å². The fourth-order valence-electron chi connectivity index (χ4n) is 2.80. The summed E-state index contributed by atoms with van der Waals surface area (Å²) in [5, 5.41) is 5.18. The molecule has 1 aliphatic rings. The quantitative estimate of drug-likeness (QED) is 0.813. The van der Waals surface area contributed by atoms with Crippen LogP contribution in [0.5, 0.6) is 0 Å². The second-order valence-corrected chi connectivity index (χ2v) is 6.11. The number of amides is 4. The molecule has 0 aliphatic carbocycles. The lowest BCUT2D eigenvalue weighted by atomic mass is 9.99. The van der Waals surface area contributed by atoms with Crippen molar-refractivity contribution in [2.45, 2.75) is 13.8 Å². The van der Waals surface area contributed by atoms with Crippen LogP contribution in [0.1, 0.15) is 12.5 Å². The predicted octanol–water partition coefficient (Wildman–Crippen LogP) is 3.35. The summed E-state index contributed by atoms with van der Waals surface area (Å²) < 4.78 is 13.1. The number of imide groups is 2. The molecule has 7 heteroatoms. The Morgan fingerprint density at radius 1 is 1.07 bits per heavy atom. The van der Waals surface area contributed by atoms with Crippen LogP contribution < -0.4 is 15.5 Å². The number of nitrogens with zero attached hydrogens (tertiary/aromatic N) is 1. The first-order chi connectivity index (χ1) is 12.9. The van der Waals surface area contributed by atoms with E-state index in [4.69, 9.17) is 0 Å². The first-order valence-electron chi connectivity index (χ1n) is 8.35. The lowest BCUT2D eigenvalue weighted by molar-refractivity contribution is -0.132. The number of rotatable bonds is 4. The Hall–Kier alpha value is -3.48. The summed E-state index contributed by atoms with van der Waals surface area (Å²) in [5.74, 6) is -2.99. The maximum absolute atomic E-state index is 13.1. The number of carbonyl (C=O) groups is 3. The zero-order valence-corrected chi connectivity index (χ0v) is 14.8. The van der Waals surface area contributed by atoms with Crippen LogP contribution in [0.3, 0.4) is 0 Å². The first-order valence-corrected chi connectivity index (χ1v) is 8.35. The minimum Gasteiger partial charge on any atom is -0.358 e. The van der Waals surface area contributed by atoms with Crippen LogP contribution in [-0.2, 0) is 9.59 Å². The zero-order chi connectivity index (χ0) is 19.6. The van der Waals surface area contributed by atoms with E-state index >= 15 is 0 Å². The van der Waals surface area contributed by atoms with Gasteiger partial charge in [-0.3, -0.25) is 14.9 Å². The highest BCUT2D eigenvalue weighted by atomic mass is 19.1.